The highest BCUT2D eigenvalue weighted by molar-refractivity contribution is 5.69. The Hall–Kier alpha value is -3.29. The van der Waals surface area contributed by atoms with E-state index in [9.17, 15) is 23.1 Å². The minimum Gasteiger partial charge on any atom is -0.465 e. The van der Waals surface area contributed by atoms with Gasteiger partial charge in [-0.2, -0.15) is 13.2 Å². The lowest BCUT2D eigenvalue weighted by molar-refractivity contribution is -0.137. The molecule has 3 aromatic rings. The summed E-state index contributed by atoms with van der Waals surface area (Å²) in [5, 5.41) is 9.48. The third kappa shape index (κ3) is 5.25. The number of carbonyl (C=O) groups is 1. The first-order valence-electron chi connectivity index (χ1n) is 10.0. The van der Waals surface area contributed by atoms with Crippen molar-refractivity contribution in [1.82, 2.24) is 14.9 Å². The number of carboxylic acid groups (broad SMARTS) is 1. The number of nitrogens with one attached hydrogen (secondary N) is 1. The average Bonchev–Trinajstić information content (AvgIpc) is 3.23. The van der Waals surface area contributed by atoms with Gasteiger partial charge in [0.1, 0.15) is 5.82 Å². The minimum absolute atomic E-state index is 0.413. The zero-order valence-corrected chi connectivity index (χ0v) is 17.3. The summed E-state index contributed by atoms with van der Waals surface area (Å²) in [6.07, 6.45) is -2.02. The van der Waals surface area contributed by atoms with Crippen molar-refractivity contribution in [3.63, 3.8) is 0 Å². The molecule has 5 nitrogen and oxygen atoms in total. The first-order chi connectivity index (χ1) is 14.7. The standard InChI is InChI=1S/C23H24F3N3O2/c1-3-4-13-29(22(30)31)15(2)21-27-14-20(28-21)18-7-5-16(6-8-18)17-9-11-19(12-10-17)23(24,25)26/h5-12,14-15H,3-4,13H2,1-2H3,(H,27,28)(H,30,31). The number of alkyl halides is 3. The van der Waals surface area contributed by atoms with Crippen LogP contribution in [0.3, 0.4) is 0 Å². The van der Waals surface area contributed by atoms with Crippen molar-refractivity contribution in [3.05, 3.63) is 66.1 Å². The van der Waals surface area contributed by atoms with Crippen LogP contribution in [0.25, 0.3) is 22.4 Å². The van der Waals surface area contributed by atoms with Crippen molar-refractivity contribution < 1.29 is 23.1 Å². The molecule has 0 saturated carbocycles. The van der Waals surface area contributed by atoms with Crippen LogP contribution in [0.1, 0.15) is 44.1 Å². The fourth-order valence-corrected chi connectivity index (χ4v) is 3.32. The first-order valence-corrected chi connectivity index (χ1v) is 10.0. The van der Waals surface area contributed by atoms with E-state index >= 15 is 0 Å². The molecule has 0 aliphatic carbocycles. The third-order valence-corrected chi connectivity index (χ3v) is 5.20. The smallest absolute Gasteiger partial charge is 0.416 e. The highest BCUT2D eigenvalue weighted by Crippen LogP contribution is 2.31. The summed E-state index contributed by atoms with van der Waals surface area (Å²) < 4.78 is 38.2. The van der Waals surface area contributed by atoms with Gasteiger partial charge in [-0.3, -0.25) is 4.90 Å². The van der Waals surface area contributed by atoms with E-state index in [-0.39, 0.29) is 0 Å². The maximum Gasteiger partial charge on any atom is 0.416 e. The number of halogens is 3. The van der Waals surface area contributed by atoms with Gasteiger partial charge < -0.3 is 10.1 Å². The molecule has 0 aliphatic rings. The second kappa shape index (κ2) is 9.24. The van der Waals surface area contributed by atoms with E-state index in [2.05, 4.69) is 9.97 Å². The Bertz CT molecular complexity index is 1010. The Morgan fingerprint density at radius 2 is 1.61 bits per heavy atom. The van der Waals surface area contributed by atoms with Gasteiger partial charge in [0.2, 0.25) is 0 Å². The summed E-state index contributed by atoms with van der Waals surface area (Å²) in [6.45, 7) is 4.23. The van der Waals surface area contributed by atoms with Crippen molar-refractivity contribution >= 4 is 6.09 Å². The lowest BCUT2D eigenvalue weighted by atomic mass is 10.0. The molecule has 0 radical (unpaired) electrons. The molecule has 1 aromatic heterocycles. The van der Waals surface area contributed by atoms with Gasteiger partial charge in [-0.25, -0.2) is 9.78 Å². The van der Waals surface area contributed by atoms with E-state index in [1.165, 1.54) is 17.0 Å². The summed E-state index contributed by atoms with van der Waals surface area (Å²) >= 11 is 0. The van der Waals surface area contributed by atoms with E-state index in [1.54, 1.807) is 13.1 Å². The average molecular weight is 431 g/mol. The highest BCUT2D eigenvalue weighted by Gasteiger charge is 2.30. The second-order valence-corrected chi connectivity index (χ2v) is 7.34. The van der Waals surface area contributed by atoms with Crippen molar-refractivity contribution in [3.8, 4) is 22.4 Å². The number of aromatic amines is 1. The van der Waals surface area contributed by atoms with Crippen LogP contribution in [0.15, 0.2) is 54.7 Å². The number of rotatable bonds is 7. The van der Waals surface area contributed by atoms with Crippen molar-refractivity contribution in [2.45, 2.75) is 38.9 Å². The van der Waals surface area contributed by atoms with E-state index in [0.717, 1.165) is 41.8 Å². The monoisotopic (exact) mass is 431 g/mol. The molecule has 8 heteroatoms. The maximum absolute atomic E-state index is 12.7. The third-order valence-electron chi connectivity index (χ3n) is 5.20. The SMILES string of the molecule is CCCCN(C(=O)O)C(C)c1ncc(-c2ccc(-c3ccc(C(F)(F)F)cc3)cc2)[nH]1. The predicted molar refractivity (Wildman–Crippen MR) is 113 cm³/mol. The molecule has 0 bridgehead atoms. The van der Waals surface area contributed by atoms with Crippen LogP contribution in [-0.4, -0.2) is 32.6 Å². The molecule has 0 aliphatic heterocycles. The Kier molecular flexibility index (Phi) is 6.68. The molecule has 1 heterocycles. The van der Waals surface area contributed by atoms with Crippen LogP contribution >= 0.6 is 0 Å². The number of amides is 1. The zero-order chi connectivity index (χ0) is 22.6. The van der Waals surface area contributed by atoms with Crippen LogP contribution in [0.4, 0.5) is 18.0 Å². The number of H-pyrrole nitrogens is 1. The normalized spacial score (nSPS) is 12.5. The van der Waals surface area contributed by atoms with Crippen LogP contribution < -0.4 is 0 Å². The van der Waals surface area contributed by atoms with Crippen LogP contribution in [-0.2, 0) is 6.18 Å². The number of imidazole rings is 1. The molecule has 1 amide bonds. The van der Waals surface area contributed by atoms with Gasteiger partial charge in [-0.05, 0) is 42.2 Å². The van der Waals surface area contributed by atoms with Gasteiger partial charge >= 0.3 is 12.3 Å². The molecule has 3 rings (SSSR count). The van der Waals surface area contributed by atoms with Gasteiger partial charge in [0.05, 0.1) is 23.5 Å². The Morgan fingerprint density at radius 3 is 2.13 bits per heavy atom. The molecule has 1 atom stereocenters. The van der Waals surface area contributed by atoms with Crippen LogP contribution in [0.2, 0.25) is 0 Å². The van der Waals surface area contributed by atoms with Crippen LogP contribution in [0, 0.1) is 0 Å². The Morgan fingerprint density at radius 1 is 1.06 bits per heavy atom. The van der Waals surface area contributed by atoms with Gasteiger partial charge in [-0.1, -0.05) is 49.7 Å². The van der Waals surface area contributed by atoms with Crippen molar-refractivity contribution in [2.24, 2.45) is 0 Å². The molecule has 0 fully saturated rings. The fourth-order valence-electron chi connectivity index (χ4n) is 3.32. The second-order valence-electron chi connectivity index (χ2n) is 7.34. The molecule has 2 aromatic carbocycles. The Labute approximate surface area is 178 Å². The predicted octanol–water partition coefficient (Wildman–Crippen LogP) is 6.60. The van der Waals surface area contributed by atoms with Crippen LogP contribution in [0.5, 0.6) is 0 Å². The van der Waals surface area contributed by atoms with E-state index < -0.39 is 23.9 Å². The van der Waals surface area contributed by atoms with E-state index in [1.807, 2.05) is 31.2 Å². The van der Waals surface area contributed by atoms with Gasteiger partial charge in [-0.15, -0.1) is 0 Å². The van der Waals surface area contributed by atoms with Crippen molar-refractivity contribution in [1.29, 1.82) is 0 Å². The van der Waals surface area contributed by atoms with Crippen molar-refractivity contribution in [2.75, 3.05) is 6.54 Å². The summed E-state index contributed by atoms with van der Waals surface area (Å²) in [6, 6.07) is 12.0. The quantitative estimate of drug-likeness (QED) is 0.443. The minimum atomic E-state index is -4.36. The van der Waals surface area contributed by atoms with E-state index in [0.29, 0.717) is 17.9 Å². The van der Waals surface area contributed by atoms with Gasteiger partial charge in [0.15, 0.2) is 0 Å². The van der Waals surface area contributed by atoms with E-state index in [4.69, 9.17) is 0 Å². The summed E-state index contributed by atoms with van der Waals surface area (Å²) in [7, 11) is 0. The van der Waals surface area contributed by atoms with Gasteiger partial charge in [0.25, 0.3) is 0 Å². The molecular formula is C23H24F3N3O2. The molecule has 0 saturated heterocycles. The molecule has 2 N–H and O–H groups in total. The number of benzene rings is 2. The largest absolute Gasteiger partial charge is 0.465 e. The number of hydrogen-bond acceptors (Lipinski definition) is 2. The summed E-state index contributed by atoms with van der Waals surface area (Å²) in [5.41, 5.74) is 2.38. The lowest BCUT2D eigenvalue weighted by Gasteiger charge is -2.24. The summed E-state index contributed by atoms with van der Waals surface area (Å²) in [5.74, 6) is 0.556. The highest BCUT2D eigenvalue weighted by atomic mass is 19.4. The molecule has 0 spiro atoms. The molecule has 31 heavy (non-hydrogen) atoms. The zero-order valence-electron chi connectivity index (χ0n) is 17.3. The number of hydrogen-bond donors (Lipinski definition) is 2. The Balaban J connectivity index is 1.76. The molecule has 1 unspecified atom stereocenters. The fraction of sp³-hybridized carbons (Fsp3) is 0.304. The number of nitrogens with zero attached hydrogens (tertiary/aromatic N) is 2. The maximum atomic E-state index is 12.7. The number of aromatic nitrogens is 2. The summed E-state index contributed by atoms with van der Waals surface area (Å²) in [4.78, 5) is 20.5. The molecule has 164 valence electrons. The topological polar surface area (TPSA) is 69.2 Å². The number of unbranched alkanes of at least 4 members (excludes halogenated alkanes) is 1. The first kappa shape index (κ1) is 22.4. The lowest BCUT2D eigenvalue weighted by Crippen LogP contribution is -2.33. The molecular weight excluding hydrogens is 407 g/mol. The van der Waals surface area contributed by atoms with Gasteiger partial charge in [0, 0.05) is 6.54 Å².